The lowest BCUT2D eigenvalue weighted by molar-refractivity contribution is -0.504. The van der Waals surface area contributed by atoms with Gasteiger partial charge in [0.05, 0.1) is 19.8 Å². The number of benzene rings is 2. The third-order valence-electron chi connectivity index (χ3n) is 4.23. The summed E-state index contributed by atoms with van der Waals surface area (Å²) in [4.78, 5) is 0. The molecule has 0 unspecified atom stereocenters. The maximum atomic E-state index is 12.0. The monoisotopic (exact) mass is 325 g/mol. The van der Waals surface area contributed by atoms with Gasteiger partial charge in [-0.25, -0.2) is 4.74 Å². The molecule has 0 aliphatic carbocycles. The van der Waals surface area contributed by atoms with Crippen molar-refractivity contribution in [2.24, 2.45) is 0 Å². The second-order valence-corrected chi connectivity index (χ2v) is 6.02. The number of hydrogen-bond acceptors (Lipinski definition) is 3. The molecule has 4 heteroatoms. The molecule has 0 radical (unpaired) electrons. The molecule has 3 rings (SSSR count). The van der Waals surface area contributed by atoms with E-state index in [0.717, 1.165) is 28.7 Å². The van der Waals surface area contributed by atoms with Crippen LogP contribution in [-0.2, 0) is 22.7 Å². The van der Waals surface area contributed by atoms with E-state index in [4.69, 9.17) is 9.47 Å². The molecule has 0 aromatic heterocycles. The molecule has 2 aromatic rings. The molecular weight excluding hydrogens is 302 g/mol. The van der Waals surface area contributed by atoms with Crippen molar-refractivity contribution < 1.29 is 14.2 Å². The molecule has 0 fully saturated rings. The van der Waals surface area contributed by atoms with Gasteiger partial charge in [0, 0.05) is 12.8 Å². The highest BCUT2D eigenvalue weighted by atomic mass is 16.5. The predicted molar refractivity (Wildman–Crippen MR) is 93.8 cm³/mol. The Morgan fingerprint density at radius 3 is 2.17 bits per heavy atom. The Bertz CT molecular complexity index is 642. The number of rotatable bonds is 8. The number of hydrogen-bond donors (Lipinski definition) is 0. The van der Waals surface area contributed by atoms with Gasteiger partial charge < -0.3 is 14.7 Å². The third-order valence-corrected chi connectivity index (χ3v) is 4.23. The standard InChI is InChI=1S/C20H23NO3/c22-21-13-7-12-19(21)20(24-15-18-10-5-2-6-11-18)16-23-14-17-8-3-1-4-9-17/h1-6,8-11,13,19-20H,7,12,14-16H2/t19-,20+/m0/s1. The van der Waals surface area contributed by atoms with Crippen LogP contribution in [0.2, 0.25) is 0 Å². The zero-order valence-electron chi connectivity index (χ0n) is 13.7. The summed E-state index contributed by atoms with van der Waals surface area (Å²) in [6.45, 7) is 1.44. The number of ether oxygens (including phenoxy) is 2. The van der Waals surface area contributed by atoms with Gasteiger partial charge in [0.15, 0.2) is 12.3 Å². The SMILES string of the molecule is [O-][N+]1=CCC[C@H]1[C@@H](COCc1ccccc1)OCc1ccccc1. The predicted octanol–water partition coefficient (Wildman–Crippen LogP) is 3.53. The lowest BCUT2D eigenvalue weighted by Crippen LogP contribution is -2.37. The van der Waals surface area contributed by atoms with E-state index < -0.39 is 0 Å². The Morgan fingerprint density at radius 2 is 1.58 bits per heavy atom. The van der Waals surface area contributed by atoms with Crippen LogP contribution in [0.15, 0.2) is 60.7 Å². The maximum Gasteiger partial charge on any atom is 0.191 e. The van der Waals surface area contributed by atoms with Crippen LogP contribution >= 0.6 is 0 Å². The molecular formula is C20H23NO3. The van der Waals surface area contributed by atoms with Gasteiger partial charge in [-0.05, 0) is 11.1 Å². The molecule has 0 N–H and O–H groups in total. The van der Waals surface area contributed by atoms with Crippen molar-refractivity contribution >= 4 is 6.21 Å². The maximum absolute atomic E-state index is 12.0. The van der Waals surface area contributed by atoms with E-state index in [2.05, 4.69) is 0 Å². The first-order valence-electron chi connectivity index (χ1n) is 8.39. The van der Waals surface area contributed by atoms with Gasteiger partial charge in [0.1, 0.15) is 6.10 Å². The average Bonchev–Trinajstić information content (AvgIpc) is 3.05. The van der Waals surface area contributed by atoms with Gasteiger partial charge in [-0.15, -0.1) is 0 Å². The third kappa shape index (κ3) is 4.66. The number of hydroxylamine groups is 1. The fraction of sp³-hybridized carbons (Fsp3) is 0.350. The smallest absolute Gasteiger partial charge is 0.191 e. The Morgan fingerprint density at radius 1 is 0.958 bits per heavy atom. The molecule has 1 aliphatic rings. The topological polar surface area (TPSA) is 44.5 Å². The van der Waals surface area contributed by atoms with Crippen molar-refractivity contribution in [3.05, 3.63) is 77.0 Å². The normalized spacial score (nSPS) is 18.3. The summed E-state index contributed by atoms with van der Waals surface area (Å²) < 4.78 is 12.9. The summed E-state index contributed by atoms with van der Waals surface area (Å²) in [7, 11) is 0. The van der Waals surface area contributed by atoms with Gasteiger partial charge in [0.25, 0.3) is 0 Å². The van der Waals surface area contributed by atoms with Crippen LogP contribution in [0.3, 0.4) is 0 Å². The minimum atomic E-state index is -0.231. The van der Waals surface area contributed by atoms with Gasteiger partial charge in [-0.1, -0.05) is 60.7 Å². The highest BCUT2D eigenvalue weighted by Gasteiger charge is 2.32. The molecule has 126 valence electrons. The fourth-order valence-electron chi connectivity index (χ4n) is 2.90. The summed E-state index contributed by atoms with van der Waals surface area (Å²) in [5.74, 6) is 0. The minimum Gasteiger partial charge on any atom is -0.624 e. The number of nitrogens with zero attached hydrogens (tertiary/aromatic N) is 1. The van der Waals surface area contributed by atoms with Crippen LogP contribution in [0, 0.1) is 5.21 Å². The van der Waals surface area contributed by atoms with Crippen molar-refractivity contribution in [3.63, 3.8) is 0 Å². The first kappa shape index (κ1) is 16.7. The van der Waals surface area contributed by atoms with Crippen LogP contribution < -0.4 is 0 Å². The highest BCUT2D eigenvalue weighted by molar-refractivity contribution is 5.53. The molecule has 24 heavy (non-hydrogen) atoms. The summed E-state index contributed by atoms with van der Waals surface area (Å²) in [6.07, 6.45) is 3.08. The summed E-state index contributed by atoms with van der Waals surface area (Å²) >= 11 is 0. The quantitative estimate of drug-likeness (QED) is 0.551. The molecule has 4 nitrogen and oxygen atoms in total. The van der Waals surface area contributed by atoms with E-state index in [-0.39, 0.29) is 12.1 Å². The van der Waals surface area contributed by atoms with Crippen molar-refractivity contribution in [1.82, 2.24) is 0 Å². The zero-order valence-corrected chi connectivity index (χ0v) is 13.7. The highest BCUT2D eigenvalue weighted by Crippen LogP contribution is 2.17. The van der Waals surface area contributed by atoms with Crippen molar-refractivity contribution in [1.29, 1.82) is 0 Å². The molecule has 0 amide bonds. The molecule has 2 aromatic carbocycles. The van der Waals surface area contributed by atoms with Gasteiger partial charge in [-0.3, -0.25) is 0 Å². The van der Waals surface area contributed by atoms with E-state index in [0.29, 0.717) is 19.8 Å². The molecule has 0 spiro atoms. The summed E-state index contributed by atoms with van der Waals surface area (Å²) in [6, 6.07) is 19.9. The van der Waals surface area contributed by atoms with Gasteiger partial charge in [0.2, 0.25) is 0 Å². The van der Waals surface area contributed by atoms with E-state index in [9.17, 15) is 5.21 Å². The molecule has 1 heterocycles. The second-order valence-electron chi connectivity index (χ2n) is 6.02. The van der Waals surface area contributed by atoms with Crippen LogP contribution in [-0.4, -0.2) is 29.7 Å². The fourth-order valence-corrected chi connectivity index (χ4v) is 2.90. The van der Waals surface area contributed by atoms with Crippen molar-refractivity contribution in [2.45, 2.75) is 38.2 Å². The molecule has 0 saturated carbocycles. The lowest BCUT2D eigenvalue weighted by Gasteiger charge is -2.23. The Balaban J connectivity index is 1.56. The van der Waals surface area contributed by atoms with Gasteiger partial charge in [-0.2, -0.15) is 0 Å². The minimum absolute atomic E-state index is 0.163. The second kappa shape index (κ2) is 8.62. The molecule has 0 saturated heterocycles. The van der Waals surface area contributed by atoms with Crippen LogP contribution in [0.25, 0.3) is 0 Å². The van der Waals surface area contributed by atoms with Crippen LogP contribution in [0.4, 0.5) is 0 Å². The summed E-state index contributed by atoms with van der Waals surface area (Å²) in [5.41, 5.74) is 2.22. The van der Waals surface area contributed by atoms with E-state index in [1.54, 1.807) is 6.21 Å². The Kier molecular flexibility index (Phi) is 5.99. The van der Waals surface area contributed by atoms with E-state index in [1.165, 1.54) is 0 Å². The molecule has 0 bridgehead atoms. The van der Waals surface area contributed by atoms with Crippen molar-refractivity contribution in [3.8, 4) is 0 Å². The van der Waals surface area contributed by atoms with Crippen molar-refractivity contribution in [2.75, 3.05) is 6.61 Å². The molecule has 2 atom stereocenters. The van der Waals surface area contributed by atoms with Crippen LogP contribution in [0.5, 0.6) is 0 Å². The molecule has 1 aliphatic heterocycles. The first-order chi connectivity index (χ1) is 11.8. The summed E-state index contributed by atoms with van der Waals surface area (Å²) in [5, 5.41) is 12.0. The first-order valence-corrected chi connectivity index (χ1v) is 8.39. The van der Waals surface area contributed by atoms with Gasteiger partial charge >= 0.3 is 0 Å². The Hall–Kier alpha value is -2.17. The lowest BCUT2D eigenvalue weighted by atomic mass is 10.1. The van der Waals surface area contributed by atoms with E-state index >= 15 is 0 Å². The average molecular weight is 325 g/mol. The van der Waals surface area contributed by atoms with E-state index in [1.807, 2.05) is 60.7 Å². The van der Waals surface area contributed by atoms with Crippen LogP contribution in [0.1, 0.15) is 24.0 Å². The Labute approximate surface area is 142 Å². The largest absolute Gasteiger partial charge is 0.624 e. The zero-order chi connectivity index (χ0) is 16.6.